The number of rotatable bonds is 4. The van der Waals surface area contributed by atoms with Crippen LogP contribution in [0.3, 0.4) is 0 Å². The van der Waals surface area contributed by atoms with Crippen molar-refractivity contribution in [1.29, 1.82) is 0 Å². The number of allylic oxidation sites excluding steroid dienone is 2. The van der Waals surface area contributed by atoms with Crippen molar-refractivity contribution < 1.29 is 0 Å². The third kappa shape index (κ3) is 1.86. The molecule has 3 atom stereocenters. The van der Waals surface area contributed by atoms with E-state index >= 15 is 0 Å². The highest BCUT2D eigenvalue weighted by atomic mass is 14.5. The normalized spacial score (nSPS) is 33.1. The van der Waals surface area contributed by atoms with E-state index in [2.05, 4.69) is 31.9 Å². The van der Waals surface area contributed by atoms with Crippen molar-refractivity contribution in [1.82, 2.24) is 0 Å². The van der Waals surface area contributed by atoms with Gasteiger partial charge in [0.05, 0.1) is 0 Å². The zero-order chi connectivity index (χ0) is 10.1. The average Bonchev–Trinajstić information content (AvgIpc) is 2.88. The van der Waals surface area contributed by atoms with Gasteiger partial charge in [-0.2, -0.15) is 0 Å². The van der Waals surface area contributed by atoms with E-state index in [0.717, 1.165) is 23.7 Å². The summed E-state index contributed by atoms with van der Waals surface area (Å²) in [5.41, 5.74) is 4.34. The van der Waals surface area contributed by atoms with Crippen molar-refractivity contribution in [2.75, 3.05) is 0 Å². The van der Waals surface area contributed by atoms with E-state index in [-0.39, 0.29) is 0 Å². The van der Waals surface area contributed by atoms with Crippen LogP contribution < -0.4 is 0 Å². The van der Waals surface area contributed by atoms with Gasteiger partial charge in [0.15, 0.2) is 0 Å². The average molecular weight is 188 g/mol. The van der Waals surface area contributed by atoms with Gasteiger partial charge in [-0.25, -0.2) is 0 Å². The maximum Gasteiger partial charge on any atom is -0.0246 e. The molecule has 0 heterocycles. The fourth-order valence-electron chi connectivity index (χ4n) is 2.86. The van der Waals surface area contributed by atoms with Crippen LogP contribution in [0.5, 0.6) is 0 Å². The van der Waals surface area contributed by atoms with Crippen molar-refractivity contribution in [3.63, 3.8) is 0 Å². The highest BCUT2D eigenvalue weighted by molar-refractivity contribution is 5.13. The van der Waals surface area contributed by atoms with Crippen LogP contribution >= 0.6 is 0 Å². The zero-order valence-corrected chi connectivity index (χ0v) is 9.13. The third-order valence-corrected chi connectivity index (χ3v) is 3.96. The fourth-order valence-corrected chi connectivity index (χ4v) is 2.86. The van der Waals surface area contributed by atoms with E-state index in [1.54, 1.807) is 0 Å². The summed E-state index contributed by atoms with van der Waals surface area (Å²) in [4.78, 5) is 0. The lowest BCUT2D eigenvalue weighted by molar-refractivity contribution is 0.325. The highest BCUT2D eigenvalue weighted by Gasteiger charge is 2.47. The van der Waals surface area contributed by atoms with Gasteiger partial charge in [-0.3, -0.25) is 0 Å². The number of hydrogen-bond acceptors (Lipinski definition) is 0. The standard InChI is InChI=1S/C14H20/c1-4-5-6-11(3)13-9-14(13)12-7-10(2)8-12/h5,11-14H,1-2,6-9H2,3H3. The molecule has 2 aliphatic rings. The van der Waals surface area contributed by atoms with E-state index in [4.69, 9.17) is 0 Å². The predicted molar refractivity (Wildman–Crippen MR) is 61.0 cm³/mol. The predicted octanol–water partition coefficient (Wildman–Crippen LogP) is 3.96. The van der Waals surface area contributed by atoms with E-state index in [1.807, 2.05) is 0 Å². The first kappa shape index (κ1) is 9.80. The van der Waals surface area contributed by atoms with Crippen LogP contribution in [0.1, 0.15) is 32.6 Å². The molecular formula is C14H20. The smallest absolute Gasteiger partial charge is 0.0246 e. The molecule has 14 heavy (non-hydrogen) atoms. The van der Waals surface area contributed by atoms with Gasteiger partial charge in [0.2, 0.25) is 0 Å². The van der Waals surface area contributed by atoms with Crippen LogP contribution in [0.4, 0.5) is 0 Å². The van der Waals surface area contributed by atoms with E-state index in [9.17, 15) is 0 Å². The number of hydrogen-bond donors (Lipinski definition) is 0. The second-order valence-corrected chi connectivity index (χ2v) is 5.10. The Morgan fingerprint density at radius 3 is 2.86 bits per heavy atom. The van der Waals surface area contributed by atoms with Crippen LogP contribution in [0.15, 0.2) is 30.5 Å². The Labute approximate surface area is 87.4 Å². The summed E-state index contributed by atoms with van der Waals surface area (Å²) in [6.45, 7) is 9.99. The van der Waals surface area contributed by atoms with Crippen molar-refractivity contribution in [2.45, 2.75) is 32.6 Å². The quantitative estimate of drug-likeness (QED) is 0.463. The molecule has 2 saturated carbocycles. The molecule has 2 aliphatic carbocycles. The van der Waals surface area contributed by atoms with Crippen LogP contribution in [0, 0.1) is 23.7 Å². The van der Waals surface area contributed by atoms with Crippen molar-refractivity contribution in [3.05, 3.63) is 30.5 Å². The van der Waals surface area contributed by atoms with Gasteiger partial charge >= 0.3 is 0 Å². The summed E-state index contributed by atoms with van der Waals surface area (Å²) in [7, 11) is 0. The molecule has 0 N–H and O–H groups in total. The van der Waals surface area contributed by atoms with Crippen LogP contribution in [-0.2, 0) is 0 Å². The van der Waals surface area contributed by atoms with Crippen LogP contribution in [0.25, 0.3) is 0 Å². The molecule has 0 aromatic rings. The lowest BCUT2D eigenvalue weighted by atomic mass is 9.76. The van der Waals surface area contributed by atoms with Crippen molar-refractivity contribution in [3.8, 4) is 0 Å². The molecule has 0 aromatic carbocycles. The SMILES string of the molecule is C=C=CCC(C)C1CC1C1CC(=C)C1. The van der Waals surface area contributed by atoms with Crippen LogP contribution in [0.2, 0.25) is 0 Å². The first-order chi connectivity index (χ1) is 6.72. The molecule has 2 rings (SSSR count). The van der Waals surface area contributed by atoms with Gasteiger partial charge in [-0.05, 0) is 55.4 Å². The molecule has 76 valence electrons. The Balaban J connectivity index is 1.75. The fraction of sp³-hybridized carbons (Fsp3) is 0.643. The van der Waals surface area contributed by atoms with Gasteiger partial charge in [-0.15, -0.1) is 5.73 Å². The minimum atomic E-state index is 0.836. The molecule has 3 unspecified atom stereocenters. The Morgan fingerprint density at radius 1 is 1.57 bits per heavy atom. The van der Waals surface area contributed by atoms with Gasteiger partial charge in [0.1, 0.15) is 0 Å². The Kier molecular flexibility index (Phi) is 2.65. The van der Waals surface area contributed by atoms with Gasteiger partial charge in [0, 0.05) is 0 Å². The Bertz CT molecular complexity index is 272. The Hall–Kier alpha value is -0.740. The van der Waals surface area contributed by atoms with Crippen molar-refractivity contribution >= 4 is 0 Å². The minimum absolute atomic E-state index is 0.836. The summed E-state index contributed by atoms with van der Waals surface area (Å²) in [6.07, 6.45) is 7.33. The van der Waals surface area contributed by atoms with E-state index < -0.39 is 0 Å². The molecule has 0 saturated heterocycles. The molecule has 0 bridgehead atoms. The molecule has 0 spiro atoms. The molecule has 0 nitrogen and oxygen atoms in total. The van der Waals surface area contributed by atoms with E-state index in [0.29, 0.717) is 0 Å². The van der Waals surface area contributed by atoms with Crippen LogP contribution in [-0.4, -0.2) is 0 Å². The summed E-state index contributed by atoms with van der Waals surface area (Å²) >= 11 is 0. The lowest BCUT2D eigenvalue weighted by Gasteiger charge is -2.29. The maximum atomic E-state index is 4.02. The second kappa shape index (κ2) is 3.79. The summed E-state index contributed by atoms with van der Waals surface area (Å²) < 4.78 is 0. The van der Waals surface area contributed by atoms with Gasteiger partial charge in [0.25, 0.3) is 0 Å². The minimum Gasteiger partial charge on any atom is -0.133 e. The topological polar surface area (TPSA) is 0 Å². The molecule has 0 amide bonds. The molecule has 0 radical (unpaired) electrons. The van der Waals surface area contributed by atoms with E-state index in [1.165, 1.54) is 31.3 Å². The first-order valence-electron chi connectivity index (χ1n) is 5.73. The summed E-state index contributed by atoms with van der Waals surface area (Å²) in [5, 5.41) is 0. The summed E-state index contributed by atoms with van der Waals surface area (Å²) in [5.74, 6) is 3.83. The first-order valence-corrected chi connectivity index (χ1v) is 5.73. The largest absolute Gasteiger partial charge is 0.133 e. The Morgan fingerprint density at radius 2 is 2.29 bits per heavy atom. The molecule has 0 aliphatic heterocycles. The van der Waals surface area contributed by atoms with Gasteiger partial charge in [-0.1, -0.05) is 25.7 Å². The summed E-state index contributed by atoms with van der Waals surface area (Å²) in [6, 6.07) is 0. The monoisotopic (exact) mass is 188 g/mol. The molecule has 0 heteroatoms. The maximum absolute atomic E-state index is 4.02. The zero-order valence-electron chi connectivity index (χ0n) is 9.13. The highest BCUT2D eigenvalue weighted by Crippen LogP contribution is 2.56. The molecule has 0 aromatic heterocycles. The second-order valence-electron chi connectivity index (χ2n) is 5.10. The third-order valence-electron chi connectivity index (χ3n) is 3.96. The lowest BCUT2D eigenvalue weighted by Crippen LogP contribution is -2.17. The van der Waals surface area contributed by atoms with Gasteiger partial charge < -0.3 is 0 Å². The molecular weight excluding hydrogens is 168 g/mol. The van der Waals surface area contributed by atoms with Crippen molar-refractivity contribution in [2.24, 2.45) is 23.7 Å². The molecule has 2 fully saturated rings.